The molecule has 0 amide bonds. The summed E-state index contributed by atoms with van der Waals surface area (Å²) in [6.45, 7) is 0. The monoisotopic (exact) mass is 293 g/mol. The number of nitro groups is 1. The minimum atomic E-state index is -2.16. The molecule has 2 N–H and O–H groups in total. The van der Waals surface area contributed by atoms with Gasteiger partial charge in [0.25, 0.3) is 0 Å². The summed E-state index contributed by atoms with van der Waals surface area (Å²) in [5.41, 5.74) is -1.67. The van der Waals surface area contributed by atoms with Crippen molar-refractivity contribution in [2.24, 2.45) is 0 Å². The van der Waals surface area contributed by atoms with Crippen LogP contribution in [0.25, 0.3) is 0 Å². The summed E-state index contributed by atoms with van der Waals surface area (Å²) in [4.78, 5) is 20.0. The molecule has 0 aliphatic heterocycles. The third kappa shape index (κ3) is 2.17. The second-order valence-corrected chi connectivity index (χ2v) is 3.64. The van der Waals surface area contributed by atoms with Gasteiger partial charge in [-0.1, -0.05) is 15.9 Å². The molecule has 86 valence electrons. The Labute approximate surface area is 96.6 Å². The Morgan fingerprint density at radius 2 is 2.12 bits per heavy atom. The molecule has 1 atom stereocenters. The third-order valence-corrected chi connectivity index (χ3v) is 2.50. The SMILES string of the molecule is O=C(O)C(O)c1c(Br)ccc(F)c1[N+](=O)[O-]. The Kier molecular flexibility index (Phi) is 3.55. The van der Waals surface area contributed by atoms with Crippen molar-refractivity contribution in [3.05, 3.63) is 38.1 Å². The van der Waals surface area contributed by atoms with E-state index in [1.807, 2.05) is 0 Å². The number of rotatable bonds is 3. The summed E-state index contributed by atoms with van der Waals surface area (Å²) in [5, 5.41) is 28.3. The number of hydrogen-bond acceptors (Lipinski definition) is 4. The number of hydrogen-bond donors (Lipinski definition) is 2. The Hall–Kier alpha value is -1.54. The molecule has 0 fully saturated rings. The Balaban J connectivity index is 3.52. The van der Waals surface area contributed by atoms with Crippen molar-refractivity contribution in [3.63, 3.8) is 0 Å². The Bertz CT molecular complexity index is 464. The van der Waals surface area contributed by atoms with Crippen molar-refractivity contribution in [2.45, 2.75) is 6.10 Å². The highest BCUT2D eigenvalue weighted by Gasteiger charge is 2.31. The van der Waals surface area contributed by atoms with Crippen molar-refractivity contribution >= 4 is 27.6 Å². The normalized spacial score (nSPS) is 12.2. The van der Waals surface area contributed by atoms with Gasteiger partial charge in [-0.3, -0.25) is 10.1 Å². The number of carbonyl (C=O) groups is 1. The summed E-state index contributed by atoms with van der Waals surface area (Å²) in [6, 6.07) is 1.89. The van der Waals surface area contributed by atoms with E-state index in [1.165, 1.54) is 0 Å². The molecule has 0 spiro atoms. The molecule has 1 rings (SSSR count). The first-order valence-corrected chi connectivity index (χ1v) is 4.68. The molecule has 0 radical (unpaired) electrons. The zero-order chi connectivity index (χ0) is 12.5. The van der Waals surface area contributed by atoms with Gasteiger partial charge in [-0.25, -0.2) is 4.79 Å². The molecule has 8 heteroatoms. The van der Waals surface area contributed by atoms with E-state index in [0.717, 1.165) is 12.1 Å². The number of aliphatic hydroxyl groups excluding tert-OH is 1. The Morgan fingerprint density at radius 3 is 2.56 bits per heavy atom. The molecular formula is C8H5BrFNO5. The van der Waals surface area contributed by atoms with E-state index in [-0.39, 0.29) is 4.47 Å². The topological polar surface area (TPSA) is 101 Å². The molecule has 1 aromatic carbocycles. The first kappa shape index (κ1) is 12.5. The van der Waals surface area contributed by atoms with Crippen molar-refractivity contribution in [1.29, 1.82) is 0 Å². The van der Waals surface area contributed by atoms with Crippen molar-refractivity contribution in [3.8, 4) is 0 Å². The average Bonchev–Trinajstić information content (AvgIpc) is 2.19. The summed E-state index contributed by atoms with van der Waals surface area (Å²) >= 11 is 2.82. The van der Waals surface area contributed by atoms with Crippen LogP contribution in [0.5, 0.6) is 0 Å². The van der Waals surface area contributed by atoms with E-state index in [2.05, 4.69) is 15.9 Å². The van der Waals surface area contributed by atoms with Gasteiger partial charge in [-0.15, -0.1) is 0 Å². The second-order valence-electron chi connectivity index (χ2n) is 2.79. The first-order valence-electron chi connectivity index (χ1n) is 3.89. The maximum absolute atomic E-state index is 13.1. The molecule has 0 aromatic heterocycles. The van der Waals surface area contributed by atoms with Crippen LogP contribution in [0.4, 0.5) is 10.1 Å². The molecule has 0 aliphatic carbocycles. The van der Waals surface area contributed by atoms with Gasteiger partial charge in [0.2, 0.25) is 5.82 Å². The minimum absolute atomic E-state index is 0.0458. The minimum Gasteiger partial charge on any atom is -0.479 e. The number of nitrogens with zero attached hydrogens (tertiary/aromatic N) is 1. The number of carboxylic acids is 1. The molecule has 16 heavy (non-hydrogen) atoms. The van der Waals surface area contributed by atoms with Gasteiger partial charge < -0.3 is 10.2 Å². The van der Waals surface area contributed by atoms with Gasteiger partial charge in [0.1, 0.15) is 0 Å². The highest BCUT2D eigenvalue weighted by atomic mass is 79.9. The summed E-state index contributed by atoms with van der Waals surface area (Å²) in [7, 11) is 0. The summed E-state index contributed by atoms with van der Waals surface area (Å²) in [6.07, 6.45) is -2.16. The van der Waals surface area contributed by atoms with E-state index < -0.39 is 34.1 Å². The van der Waals surface area contributed by atoms with Crippen LogP contribution in [0, 0.1) is 15.9 Å². The van der Waals surface area contributed by atoms with Crippen LogP contribution < -0.4 is 0 Å². The molecule has 0 saturated heterocycles. The molecule has 6 nitrogen and oxygen atoms in total. The molecule has 0 heterocycles. The molecule has 1 unspecified atom stereocenters. The maximum Gasteiger partial charge on any atom is 0.337 e. The van der Waals surface area contributed by atoms with Crippen LogP contribution in [0.3, 0.4) is 0 Å². The number of carboxylic acid groups (broad SMARTS) is 1. The number of aliphatic hydroxyl groups is 1. The van der Waals surface area contributed by atoms with Gasteiger partial charge >= 0.3 is 11.7 Å². The van der Waals surface area contributed by atoms with Crippen LogP contribution in [0.2, 0.25) is 0 Å². The lowest BCUT2D eigenvalue weighted by Gasteiger charge is -2.09. The predicted octanol–water partition coefficient (Wildman–Crippen LogP) is 1.61. The second kappa shape index (κ2) is 4.54. The highest BCUT2D eigenvalue weighted by Crippen LogP contribution is 2.34. The number of halogens is 2. The largest absolute Gasteiger partial charge is 0.479 e. The van der Waals surface area contributed by atoms with Crippen molar-refractivity contribution < 1.29 is 24.3 Å². The van der Waals surface area contributed by atoms with Crippen LogP contribution in [0.1, 0.15) is 11.7 Å². The molecule has 0 saturated carbocycles. The van der Waals surface area contributed by atoms with E-state index >= 15 is 0 Å². The van der Waals surface area contributed by atoms with Crippen LogP contribution >= 0.6 is 15.9 Å². The zero-order valence-electron chi connectivity index (χ0n) is 7.55. The van der Waals surface area contributed by atoms with Crippen molar-refractivity contribution in [2.75, 3.05) is 0 Å². The molecule has 1 aromatic rings. The van der Waals surface area contributed by atoms with Gasteiger partial charge in [-0.05, 0) is 12.1 Å². The fraction of sp³-hybridized carbons (Fsp3) is 0.125. The van der Waals surface area contributed by atoms with Crippen molar-refractivity contribution in [1.82, 2.24) is 0 Å². The van der Waals surface area contributed by atoms with Gasteiger partial charge in [-0.2, -0.15) is 4.39 Å². The third-order valence-electron chi connectivity index (χ3n) is 1.80. The van der Waals surface area contributed by atoms with Crippen LogP contribution in [-0.2, 0) is 4.79 Å². The fourth-order valence-electron chi connectivity index (χ4n) is 1.13. The number of benzene rings is 1. The van der Waals surface area contributed by atoms with E-state index in [4.69, 9.17) is 5.11 Å². The smallest absolute Gasteiger partial charge is 0.337 e. The predicted molar refractivity (Wildman–Crippen MR) is 53.4 cm³/mol. The Morgan fingerprint density at radius 1 is 1.56 bits per heavy atom. The molecule has 0 aliphatic rings. The quantitative estimate of drug-likeness (QED) is 0.651. The average molecular weight is 294 g/mol. The lowest BCUT2D eigenvalue weighted by atomic mass is 10.1. The molecule has 0 bridgehead atoms. The van der Waals surface area contributed by atoms with E-state index in [1.54, 1.807) is 0 Å². The van der Waals surface area contributed by atoms with Crippen LogP contribution in [-0.4, -0.2) is 21.1 Å². The number of aliphatic carboxylic acids is 1. The van der Waals surface area contributed by atoms with Crippen LogP contribution in [0.15, 0.2) is 16.6 Å². The molecular weight excluding hydrogens is 289 g/mol. The fourth-order valence-corrected chi connectivity index (χ4v) is 1.66. The highest BCUT2D eigenvalue weighted by molar-refractivity contribution is 9.10. The maximum atomic E-state index is 13.1. The lowest BCUT2D eigenvalue weighted by molar-refractivity contribution is -0.388. The van der Waals surface area contributed by atoms with E-state index in [9.17, 15) is 24.4 Å². The summed E-state index contributed by atoms with van der Waals surface area (Å²) in [5.74, 6) is -2.90. The van der Waals surface area contributed by atoms with Gasteiger partial charge in [0.15, 0.2) is 6.10 Å². The standard InChI is InChI=1S/C8H5BrFNO5/c9-3-1-2-4(10)6(11(15)16)5(3)7(12)8(13)14/h1-2,7,12H,(H,13,14). The first-order chi connectivity index (χ1) is 7.36. The van der Waals surface area contributed by atoms with E-state index in [0.29, 0.717) is 0 Å². The zero-order valence-corrected chi connectivity index (χ0v) is 9.14. The van der Waals surface area contributed by atoms with Gasteiger partial charge in [0, 0.05) is 4.47 Å². The van der Waals surface area contributed by atoms with Gasteiger partial charge in [0.05, 0.1) is 10.5 Å². The summed E-state index contributed by atoms with van der Waals surface area (Å²) < 4.78 is 13.1. The lowest BCUT2D eigenvalue weighted by Crippen LogP contribution is -2.14. The number of nitro benzene ring substituents is 1.